The van der Waals surface area contributed by atoms with Crippen LogP contribution in [0.1, 0.15) is 11.6 Å². The van der Waals surface area contributed by atoms with Gasteiger partial charge in [-0.05, 0) is 23.8 Å². The third-order valence-corrected chi connectivity index (χ3v) is 3.27. The Morgan fingerprint density at radius 2 is 2.29 bits per heavy atom. The Morgan fingerprint density at radius 1 is 1.48 bits per heavy atom. The van der Waals surface area contributed by atoms with Gasteiger partial charge in [-0.2, -0.15) is 5.10 Å². The first kappa shape index (κ1) is 13.2. The number of methoxy groups -OCH3 is 1. The number of anilines is 1. The first-order chi connectivity index (χ1) is 10.1. The van der Waals surface area contributed by atoms with Crippen LogP contribution in [0.3, 0.4) is 0 Å². The lowest BCUT2D eigenvalue weighted by Gasteiger charge is -2.24. The van der Waals surface area contributed by atoms with Gasteiger partial charge >= 0.3 is 5.97 Å². The van der Waals surface area contributed by atoms with Gasteiger partial charge in [-0.1, -0.05) is 6.07 Å². The van der Waals surface area contributed by atoms with Crippen LogP contribution in [0.4, 0.5) is 10.2 Å². The van der Waals surface area contributed by atoms with Crippen molar-refractivity contribution in [2.45, 2.75) is 6.04 Å². The van der Waals surface area contributed by atoms with Crippen LogP contribution in [0.5, 0.6) is 5.75 Å². The van der Waals surface area contributed by atoms with Crippen LogP contribution in [-0.2, 0) is 4.79 Å². The van der Waals surface area contributed by atoms with Gasteiger partial charge in [-0.3, -0.25) is 0 Å². The van der Waals surface area contributed by atoms with Crippen LogP contribution in [0, 0.1) is 5.82 Å². The molecule has 2 heterocycles. The van der Waals surface area contributed by atoms with E-state index in [4.69, 9.17) is 9.84 Å². The molecule has 0 fully saturated rings. The smallest absolute Gasteiger partial charge is 0.352 e. The van der Waals surface area contributed by atoms with Crippen molar-refractivity contribution in [3.63, 3.8) is 0 Å². The van der Waals surface area contributed by atoms with Gasteiger partial charge in [-0.25, -0.2) is 13.9 Å². The second-order valence-electron chi connectivity index (χ2n) is 4.51. The molecule has 2 aromatic rings. The van der Waals surface area contributed by atoms with Crippen LogP contribution in [0.2, 0.25) is 0 Å². The summed E-state index contributed by atoms with van der Waals surface area (Å²) in [7, 11) is 1.39. The molecule has 7 heteroatoms. The average molecular weight is 289 g/mol. The minimum atomic E-state index is -1.08. The van der Waals surface area contributed by atoms with Gasteiger partial charge in [0.1, 0.15) is 11.5 Å². The third-order valence-electron chi connectivity index (χ3n) is 3.27. The van der Waals surface area contributed by atoms with Gasteiger partial charge in [0.15, 0.2) is 11.6 Å². The molecular weight excluding hydrogens is 277 g/mol. The van der Waals surface area contributed by atoms with Crippen LogP contribution >= 0.6 is 0 Å². The van der Waals surface area contributed by atoms with Gasteiger partial charge in [0.05, 0.1) is 19.3 Å². The molecular formula is C14H12FN3O3. The zero-order valence-corrected chi connectivity index (χ0v) is 11.1. The molecule has 0 bridgehead atoms. The Kier molecular flexibility index (Phi) is 3.09. The van der Waals surface area contributed by atoms with Crippen molar-refractivity contribution in [1.82, 2.24) is 9.78 Å². The molecule has 2 N–H and O–H groups in total. The lowest BCUT2D eigenvalue weighted by atomic mass is 10.0. The first-order valence-electron chi connectivity index (χ1n) is 6.19. The summed E-state index contributed by atoms with van der Waals surface area (Å²) in [4.78, 5) is 11.2. The molecule has 0 aliphatic carbocycles. The molecule has 0 spiro atoms. The highest BCUT2D eigenvalue weighted by atomic mass is 19.1. The fourth-order valence-electron chi connectivity index (χ4n) is 2.27. The van der Waals surface area contributed by atoms with E-state index in [1.54, 1.807) is 23.0 Å². The molecule has 0 radical (unpaired) electrons. The molecule has 0 saturated carbocycles. The standard InChI is InChI=1S/C14H12FN3O3/c1-21-12-3-2-8(6-9(12)15)11-7-10(14(19)20)17-13-4-5-16-18(11)13/h2-7,11,17H,1H3,(H,19,20). The minimum absolute atomic E-state index is 0.0317. The molecule has 6 nitrogen and oxygen atoms in total. The highest BCUT2D eigenvalue weighted by Crippen LogP contribution is 2.31. The zero-order chi connectivity index (χ0) is 15.0. The Hall–Kier alpha value is -2.83. The van der Waals surface area contributed by atoms with Crippen LogP contribution in [-0.4, -0.2) is 28.0 Å². The van der Waals surface area contributed by atoms with E-state index >= 15 is 0 Å². The van der Waals surface area contributed by atoms with Crippen molar-refractivity contribution in [3.05, 3.63) is 53.6 Å². The van der Waals surface area contributed by atoms with Gasteiger partial charge in [0, 0.05) is 6.07 Å². The van der Waals surface area contributed by atoms with E-state index in [9.17, 15) is 9.18 Å². The number of ether oxygens (including phenoxy) is 1. The number of allylic oxidation sites excluding steroid dienone is 1. The molecule has 108 valence electrons. The number of benzene rings is 1. The molecule has 1 atom stereocenters. The summed E-state index contributed by atoms with van der Waals surface area (Å²) < 4.78 is 20.3. The number of rotatable bonds is 3. The number of fused-ring (bicyclic) bond motifs is 1. The summed E-state index contributed by atoms with van der Waals surface area (Å²) in [6, 6.07) is 5.66. The highest BCUT2D eigenvalue weighted by molar-refractivity contribution is 5.90. The van der Waals surface area contributed by atoms with E-state index in [2.05, 4.69) is 10.4 Å². The number of carboxylic acids is 1. The lowest BCUT2D eigenvalue weighted by Crippen LogP contribution is -2.23. The molecule has 1 aromatic heterocycles. The number of aliphatic carboxylic acids is 1. The van der Waals surface area contributed by atoms with E-state index < -0.39 is 17.8 Å². The van der Waals surface area contributed by atoms with E-state index in [1.165, 1.54) is 25.3 Å². The van der Waals surface area contributed by atoms with Gasteiger partial charge in [0.2, 0.25) is 0 Å². The number of carbonyl (C=O) groups is 1. The van der Waals surface area contributed by atoms with Crippen molar-refractivity contribution in [2.24, 2.45) is 0 Å². The summed E-state index contributed by atoms with van der Waals surface area (Å²) in [6.45, 7) is 0. The predicted molar refractivity (Wildman–Crippen MR) is 72.7 cm³/mol. The monoisotopic (exact) mass is 289 g/mol. The molecule has 1 aliphatic rings. The molecule has 1 aromatic carbocycles. The number of hydrogen-bond donors (Lipinski definition) is 2. The van der Waals surface area contributed by atoms with Crippen molar-refractivity contribution in [3.8, 4) is 5.75 Å². The quantitative estimate of drug-likeness (QED) is 0.904. The van der Waals surface area contributed by atoms with E-state index in [0.717, 1.165) is 0 Å². The van der Waals surface area contributed by atoms with E-state index in [0.29, 0.717) is 11.4 Å². The normalized spacial score (nSPS) is 16.7. The summed E-state index contributed by atoms with van der Waals surface area (Å²) in [5.74, 6) is -0.916. The van der Waals surface area contributed by atoms with Crippen molar-refractivity contribution < 1.29 is 19.0 Å². The van der Waals surface area contributed by atoms with Gasteiger partial charge < -0.3 is 15.2 Å². The van der Waals surface area contributed by atoms with Crippen molar-refractivity contribution in [1.29, 1.82) is 0 Å². The van der Waals surface area contributed by atoms with Crippen LogP contribution in [0.25, 0.3) is 0 Å². The summed E-state index contributed by atoms with van der Waals surface area (Å²) in [6.07, 6.45) is 3.04. The largest absolute Gasteiger partial charge is 0.494 e. The predicted octanol–water partition coefficient (Wildman–Crippen LogP) is 2.01. The molecule has 0 amide bonds. The van der Waals surface area contributed by atoms with Crippen molar-refractivity contribution >= 4 is 11.8 Å². The Labute approximate surface area is 119 Å². The number of nitrogens with one attached hydrogen (secondary N) is 1. The average Bonchev–Trinajstić information content (AvgIpc) is 2.94. The fourth-order valence-corrected chi connectivity index (χ4v) is 2.27. The summed E-state index contributed by atoms with van der Waals surface area (Å²) in [5.41, 5.74) is 0.614. The second-order valence-corrected chi connectivity index (χ2v) is 4.51. The van der Waals surface area contributed by atoms with Gasteiger partial charge in [-0.15, -0.1) is 0 Å². The van der Waals surface area contributed by atoms with E-state index in [-0.39, 0.29) is 11.4 Å². The number of nitrogens with zero attached hydrogens (tertiary/aromatic N) is 2. The molecule has 3 rings (SSSR count). The Balaban J connectivity index is 2.08. The zero-order valence-electron chi connectivity index (χ0n) is 11.1. The van der Waals surface area contributed by atoms with Gasteiger partial charge in [0.25, 0.3) is 0 Å². The minimum Gasteiger partial charge on any atom is -0.494 e. The summed E-state index contributed by atoms with van der Waals surface area (Å²) >= 11 is 0. The maximum Gasteiger partial charge on any atom is 0.352 e. The maximum atomic E-state index is 13.9. The fraction of sp³-hybridized carbons (Fsp3) is 0.143. The molecule has 21 heavy (non-hydrogen) atoms. The first-order valence-corrected chi connectivity index (χ1v) is 6.19. The number of carboxylic acid groups (broad SMARTS) is 1. The third kappa shape index (κ3) is 2.22. The Bertz CT molecular complexity index is 739. The SMILES string of the molecule is COc1ccc(C2C=C(C(=O)O)Nc3ccnn32)cc1F. The Morgan fingerprint density at radius 3 is 2.95 bits per heavy atom. The topological polar surface area (TPSA) is 76.4 Å². The lowest BCUT2D eigenvalue weighted by molar-refractivity contribution is -0.132. The molecule has 1 aliphatic heterocycles. The second kappa shape index (κ2) is 4.93. The van der Waals surface area contributed by atoms with Crippen molar-refractivity contribution in [2.75, 3.05) is 12.4 Å². The van der Waals surface area contributed by atoms with Crippen LogP contribution < -0.4 is 10.1 Å². The molecule has 0 saturated heterocycles. The highest BCUT2D eigenvalue weighted by Gasteiger charge is 2.25. The maximum absolute atomic E-state index is 13.9. The van der Waals surface area contributed by atoms with E-state index in [1.807, 2.05) is 0 Å². The number of aromatic nitrogens is 2. The number of hydrogen-bond acceptors (Lipinski definition) is 4. The molecule has 1 unspecified atom stereocenters. The number of halogens is 1. The summed E-state index contributed by atoms with van der Waals surface area (Å²) in [5, 5.41) is 16.0. The van der Waals surface area contributed by atoms with Crippen LogP contribution in [0.15, 0.2) is 42.2 Å².